The predicted octanol–water partition coefficient (Wildman–Crippen LogP) is 0.666. The Morgan fingerprint density at radius 2 is 2.54 bits per heavy atom. The summed E-state index contributed by atoms with van der Waals surface area (Å²) in [6, 6.07) is 3.60. The average Bonchev–Trinajstić information content (AvgIpc) is 2.65. The van der Waals surface area contributed by atoms with E-state index in [2.05, 4.69) is 15.0 Å². The van der Waals surface area contributed by atoms with Crippen LogP contribution in [0.4, 0.5) is 0 Å². The standard InChI is InChI=1S/C9H14N2O2/c1-7(9(12)13-2)11-6-8-4-3-5-10-8/h3-5,7,10-11H,6H2,1-2H3/t7-/m0/s1. The van der Waals surface area contributed by atoms with Gasteiger partial charge in [0, 0.05) is 18.4 Å². The summed E-state index contributed by atoms with van der Waals surface area (Å²) in [6.07, 6.45) is 1.85. The number of H-pyrrole nitrogens is 1. The van der Waals surface area contributed by atoms with E-state index in [9.17, 15) is 4.79 Å². The molecule has 13 heavy (non-hydrogen) atoms. The maximum Gasteiger partial charge on any atom is 0.322 e. The van der Waals surface area contributed by atoms with E-state index in [-0.39, 0.29) is 12.0 Å². The summed E-state index contributed by atoms with van der Waals surface area (Å²) in [5.74, 6) is -0.244. The minimum atomic E-state index is -0.270. The van der Waals surface area contributed by atoms with Gasteiger partial charge in [0.05, 0.1) is 7.11 Å². The topological polar surface area (TPSA) is 54.1 Å². The van der Waals surface area contributed by atoms with E-state index in [0.29, 0.717) is 6.54 Å². The zero-order valence-corrected chi connectivity index (χ0v) is 7.83. The fraction of sp³-hybridized carbons (Fsp3) is 0.444. The van der Waals surface area contributed by atoms with Crippen molar-refractivity contribution < 1.29 is 9.53 Å². The largest absolute Gasteiger partial charge is 0.468 e. The first-order valence-electron chi connectivity index (χ1n) is 4.17. The number of aromatic amines is 1. The van der Waals surface area contributed by atoms with Gasteiger partial charge in [0.2, 0.25) is 0 Å². The Morgan fingerprint density at radius 1 is 1.77 bits per heavy atom. The number of carbonyl (C=O) groups is 1. The molecular formula is C9H14N2O2. The van der Waals surface area contributed by atoms with Crippen LogP contribution < -0.4 is 5.32 Å². The molecule has 0 saturated carbocycles. The van der Waals surface area contributed by atoms with Crippen molar-refractivity contribution in [1.82, 2.24) is 10.3 Å². The number of carbonyl (C=O) groups excluding carboxylic acids is 1. The second-order valence-corrected chi connectivity index (χ2v) is 2.82. The smallest absolute Gasteiger partial charge is 0.322 e. The fourth-order valence-corrected chi connectivity index (χ4v) is 1.00. The summed E-state index contributed by atoms with van der Waals surface area (Å²) in [5.41, 5.74) is 1.05. The van der Waals surface area contributed by atoms with E-state index >= 15 is 0 Å². The molecule has 0 radical (unpaired) electrons. The van der Waals surface area contributed by atoms with Gasteiger partial charge in [-0.3, -0.25) is 10.1 Å². The number of nitrogens with one attached hydrogen (secondary N) is 2. The van der Waals surface area contributed by atoms with Crippen molar-refractivity contribution in [1.29, 1.82) is 0 Å². The van der Waals surface area contributed by atoms with E-state index in [0.717, 1.165) is 5.69 Å². The SMILES string of the molecule is COC(=O)[C@H](C)NCc1ccc[nH]1. The molecule has 0 aliphatic rings. The van der Waals surface area contributed by atoms with Crippen molar-refractivity contribution in [2.45, 2.75) is 19.5 Å². The molecule has 72 valence electrons. The number of methoxy groups -OCH3 is 1. The van der Waals surface area contributed by atoms with Crippen LogP contribution in [0.1, 0.15) is 12.6 Å². The molecule has 1 aromatic rings. The van der Waals surface area contributed by atoms with Gasteiger partial charge < -0.3 is 9.72 Å². The molecule has 2 N–H and O–H groups in total. The average molecular weight is 182 g/mol. The molecule has 0 fully saturated rings. The van der Waals surface area contributed by atoms with Crippen LogP contribution in [-0.4, -0.2) is 24.1 Å². The van der Waals surface area contributed by atoms with Crippen LogP contribution in [0.15, 0.2) is 18.3 Å². The van der Waals surface area contributed by atoms with Crippen LogP contribution in [0.25, 0.3) is 0 Å². The minimum Gasteiger partial charge on any atom is -0.468 e. The number of hydrogen-bond donors (Lipinski definition) is 2. The first kappa shape index (κ1) is 9.80. The Bertz CT molecular complexity index is 257. The Balaban J connectivity index is 2.30. The second-order valence-electron chi connectivity index (χ2n) is 2.82. The molecule has 1 atom stereocenters. The van der Waals surface area contributed by atoms with Crippen molar-refractivity contribution in [3.05, 3.63) is 24.0 Å². The van der Waals surface area contributed by atoms with Crippen molar-refractivity contribution in [3.63, 3.8) is 0 Å². The van der Waals surface area contributed by atoms with Crippen LogP contribution in [0.2, 0.25) is 0 Å². The van der Waals surface area contributed by atoms with Crippen LogP contribution in [0.3, 0.4) is 0 Å². The molecule has 4 heteroatoms. The van der Waals surface area contributed by atoms with Gasteiger partial charge in [0.25, 0.3) is 0 Å². The van der Waals surface area contributed by atoms with E-state index in [1.807, 2.05) is 18.3 Å². The van der Waals surface area contributed by atoms with Gasteiger partial charge in [-0.1, -0.05) is 0 Å². The zero-order valence-electron chi connectivity index (χ0n) is 7.83. The Kier molecular flexibility index (Phi) is 3.52. The summed E-state index contributed by atoms with van der Waals surface area (Å²) >= 11 is 0. The molecule has 0 saturated heterocycles. The van der Waals surface area contributed by atoms with Gasteiger partial charge in [-0.2, -0.15) is 0 Å². The molecule has 0 aliphatic heterocycles. The molecule has 0 bridgehead atoms. The summed E-state index contributed by atoms with van der Waals surface area (Å²) in [5, 5.41) is 3.03. The third-order valence-corrected chi connectivity index (χ3v) is 1.82. The number of esters is 1. The van der Waals surface area contributed by atoms with Crippen molar-refractivity contribution >= 4 is 5.97 Å². The van der Waals surface area contributed by atoms with Crippen LogP contribution in [0, 0.1) is 0 Å². The molecule has 4 nitrogen and oxygen atoms in total. The lowest BCUT2D eigenvalue weighted by Gasteiger charge is -2.09. The fourth-order valence-electron chi connectivity index (χ4n) is 1.00. The summed E-state index contributed by atoms with van der Waals surface area (Å²) in [7, 11) is 1.38. The highest BCUT2D eigenvalue weighted by Gasteiger charge is 2.11. The van der Waals surface area contributed by atoms with Crippen LogP contribution in [0.5, 0.6) is 0 Å². The normalized spacial score (nSPS) is 12.5. The van der Waals surface area contributed by atoms with Crippen molar-refractivity contribution in [3.8, 4) is 0 Å². The van der Waals surface area contributed by atoms with Crippen molar-refractivity contribution in [2.75, 3.05) is 7.11 Å². The van der Waals surface area contributed by atoms with Gasteiger partial charge in [-0.25, -0.2) is 0 Å². The lowest BCUT2D eigenvalue weighted by Crippen LogP contribution is -2.34. The third-order valence-electron chi connectivity index (χ3n) is 1.82. The molecule has 0 aliphatic carbocycles. The van der Waals surface area contributed by atoms with Gasteiger partial charge in [-0.05, 0) is 19.1 Å². The number of rotatable bonds is 4. The van der Waals surface area contributed by atoms with E-state index < -0.39 is 0 Å². The Labute approximate surface area is 77.3 Å². The van der Waals surface area contributed by atoms with Gasteiger partial charge in [0.15, 0.2) is 0 Å². The van der Waals surface area contributed by atoms with Gasteiger partial charge in [-0.15, -0.1) is 0 Å². The van der Waals surface area contributed by atoms with Gasteiger partial charge >= 0.3 is 5.97 Å². The summed E-state index contributed by atoms with van der Waals surface area (Å²) < 4.78 is 4.57. The first-order chi connectivity index (χ1) is 6.24. The molecule has 0 amide bonds. The highest BCUT2D eigenvalue weighted by molar-refractivity contribution is 5.74. The molecule has 1 aromatic heterocycles. The third kappa shape index (κ3) is 2.91. The monoisotopic (exact) mass is 182 g/mol. The minimum absolute atomic E-state index is 0.244. The molecule has 0 aromatic carbocycles. The van der Waals surface area contributed by atoms with E-state index in [1.165, 1.54) is 7.11 Å². The summed E-state index contributed by atoms with van der Waals surface area (Å²) in [4.78, 5) is 14.0. The van der Waals surface area contributed by atoms with Gasteiger partial charge in [0.1, 0.15) is 6.04 Å². The highest BCUT2D eigenvalue weighted by atomic mass is 16.5. The van der Waals surface area contributed by atoms with E-state index in [4.69, 9.17) is 0 Å². The molecule has 1 rings (SSSR count). The lowest BCUT2D eigenvalue weighted by atomic mass is 10.3. The molecule has 0 spiro atoms. The maximum atomic E-state index is 11.0. The van der Waals surface area contributed by atoms with Crippen LogP contribution >= 0.6 is 0 Å². The Morgan fingerprint density at radius 3 is 3.08 bits per heavy atom. The number of hydrogen-bond acceptors (Lipinski definition) is 3. The second kappa shape index (κ2) is 4.67. The highest BCUT2D eigenvalue weighted by Crippen LogP contribution is 1.95. The zero-order chi connectivity index (χ0) is 9.68. The molecule has 1 heterocycles. The first-order valence-corrected chi connectivity index (χ1v) is 4.17. The van der Waals surface area contributed by atoms with E-state index in [1.54, 1.807) is 6.92 Å². The maximum absolute atomic E-state index is 11.0. The quantitative estimate of drug-likeness (QED) is 0.673. The number of aromatic nitrogens is 1. The Hall–Kier alpha value is -1.29. The van der Waals surface area contributed by atoms with Crippen LogP contribution in [-0.2, 0) is 16.1 Å². The lowest BCUT2D eigenvalue weighted by molar-refractivity contribution is -0.142. The molecule has 0 unspecified atom stereocenters. The molecular weight excluding hydrogens is 168 g/mol. The number of ether oxygens (including phenoxy) is 1. The predicted molar refractivity (Wildman–Crippen MR) is 49.1 cm³/mol. The van der Waals surface area contributed by atoms with Crippen molar-refractivity contribution in [2.24, 2.45) is 0 Å². The summed E-state index contributed by atoms with van der Waals surface area (Å²) in [6.45, 7) is 2.41.